The first-order valence-electron chi connectivity index (χ1n) is 5.43. The van der Waals surface area contributed by atoms with E-state index in [0.717, 1.165) is 6.07 Å². The Kier molecular flexibility index (Phi) is 5.55. The Labute approximate surface area is 125 Å². The minimum Gasteiger partial charge on any atom is -0.480 e. The third kappa shape index (κ3) is 4.90. The highest BCUT2D eigenvalue weighted by Gasteiger charge is 2.33. The number of carbonyl (C=O) groups excluding carboxylic acids is 1. The fraction of sp³-hybridized carbons (Fsp3) is 0.273. The molecule has 0 saturated carbocycles. The van der Waals surface area contributed by atoms with Crippen LogP contribution in [0.1, 0.15) is 5.56 Å². The van der Waals surface area contributed by atoms with Crippen molar-refractivity contribution in [2.24, 2.45) is 0 Å². The van der Waals surface area contributed by atoms with Gasteiger partial charge in [0.2, 0.25) is 0 Å². The monoisotopic (exact) mass is 370 g/mol. The van der Waals surface area contributed by atoms with Crippen LogP contribution in [0.3, 0.4) is 0 Å². The Bertz CT molecular complexity index is 551. The highest BCUT2D eigenvalue weighted by molar-refractivity contribution is 9.10. The van der Waals surface area contributed by atoms with Crippen molar-refractivity contribution >= 4 is 33.6 Å². The Morgan fingerprint density at radius 3 is 2.43 bits per heavy atom. The van der Waals surface area contributed by atoms with Crippen LogP contribution < -0.4 is 10.6 Å². The Morgan fingerprint density at radius 2 is 1.95 bits per heavy atom. The summed E-state index contributed by atoms with van der Waals surface area (Å²) < 4.78 is 37.8. The zero-order valence-corrected chi connectivity index (χ0v) is 11.8. The number of amides is 2. The van der Waals surface area contributed by atoms with Gasteiger partial charge in [0.25, 0.3) is 0 Å². The van der Waals surface area contributed by atoms with E-state index in [4.69, 9.17) is 10.2 Å². The Balaban J connectivity index is 2.84. The Morgan fingerprint density at radius 1 is 1.33 bits per heavy atom. The summed E-state index contributed by atoms with van der Waals surface area (Å²) in [5, 5.41) is 21.3. The minimum absolute atomic E-state index is 0.176. The first-order valence-corrected chi connectivity index (χ1v) is 6.22. The molecule has 0 heterocycles. The van der Waals surface area contributed by atoms with Gasteiger partial charge in [-0.25, -0.2) is 9.59 Å². The summed E-state index contributed by atoms with van der Waals surface area (Å²) in [5.41, 5.74) is -1.16. The minimum atomic E-state index is -4.61. The standard InChI is InChI=1S/C11H10BrF3N2O4/c12-7-2-1-5(3-6(7)11(13,14)15)16-10(21)17-8(4-18)9(19)20/h1-3,8,18H,4H2,(H,19,20)(H2,16,17,21). The zero-order valence-electron chi connectivity index (χ0n) is 10.2. The van der Waals surface area contributed by atoms with Gasteiger partial charge in [-0.05, 0) is 18.2 Å². The average Bonchev–Trinajstić information content (AvgIpc) is 2.36. The van der Waals surface area contributed by atoms with Gasteiger partial charge in [-0.1, -0.05) is 15.9 Å². The first-order chi connectivity index (χ1) is 9.65. The molecule has 0 bridgehead atoms. The number of rotatable bonds is 4. The van der Waals surface area contributed by atoms with Crippen LogP contribution in [0.2, 0.25) is 0 Å². The maximum Gasteiger partial charge on any atom is 0.417 e. The van der Waals surface area contributed by atoms with E-state index in [0.29, 0.717) is 6.07 Å². The van der Waals surface area contributed by atoms with E-state index in [1.54, 1.807) is 0 Å². The lowest BCUT2D eigenvalue weighted by Crippen LogP contribution is -2.45. The van der Waals surface area contributed by atoms with Crippen LogP contribution >= 0.6 is 15.9 Å². The van der Waals surface area contributed by atoms with Crippen molar-refractivity contribution in [3.05, 3.63) is 28.2 Å². The van der Waals surface area contributed by atoms with Gasteiger partial charge in [0, 0.05) is 10.2 Å². The highest BCUT2D eigenvalue weighted by atomic mass is 79.9. The van der Waals surface area contributed by atoms with Gasteiger partial charge < -0.3 is 20.8 Å². The number of nitrogens with one attached hydrogen (secondary N) is 2. The van der Waals surface area contributed by atoms with E-state index in [9.17, 15) is 22.8 Å². The summed E-state index contributed by atoms with van der Waals surface area (Å²) in [4.78, 5) is 22.0. The molecule has 1 unspecified atom stereocenters. The van der Waals surface area contributed by atoms with Crippen LogP contribution in [-0.4, -0.2) is 34.9 Å². The predicted molar refractivity (Wildman–Crippen MR) is 69.8 cm³/mol. The largest absolute Gasteiger partial charge is 0.480 e. The normalized spacial score (nSPS) is 12.6. The summed E-state index contributed by atoms with van der Waals surface area (Å²) in [6.45, 7) is -0.850. The molecule has 6 nitrogen and oxygen atoms in total. The van der Waals surface area contributed by atoms with Crippen LogP contribution in [0, 0.1) is 0 Å². The van der Waals surface area contributed by atoms with Gasteiger partial charge in [0.15, 0.2) is 6.04 Å². The number of halogens is 4. The van der Waals surface area contributed by atoms with Crippen molar-refractivity contribution in [2.75, 3.05) is 11.9 Å². The average molecular weight is 371 g/mol. The lowest BCUT2D eigenvalue weighted by atomic mass is 10.2. The molecule has 0 radical (unpaired) electrons. The van der Waals surface area contributed by atoms with E-state index < -0.39 is 36.4 Å². The number of anilines is 1. The lowest BCUT2D eigenvalue weighted by Gasteiger charge is -2.14. The third-order valence-electron chi connectivity index (χ3n) is 2.32. The highest BCUT2D eigenvalue weighted by Crippen LogP contribution is 2.36. The van der Waals surface area contributed by atoms with Gasteiger partial charge in [0.1, 0.15) is 0 Å². The number of benzene rings is 1. The first kappa shape index (κ1) is 17.2. The maximum absolute atomic E-state index is 12.7. The molecule has 21 heavy (non-hydrogen) atoms. The number of carboxylic acids is 1. The predicted octanol–water partition coefficient (Wildman–Crippen LogP) is 2.03. The summed E-state index contributed by atoms with van der Waals surface area (Å²) in [6.07, 6.45) is -4.61. The number of carbonyl (C=O) groups is 2. The molecule has 10 heteroatoms. The van der Waals surface area contributed by atoms with Crippen molar-refractivity contribution < 1.29 is 33.0 Å². The van der Waals surface area contributed by atoms with E-state index in [-0.39, 0.29) is 10.2 Å². The van der Waals surface area contributed by atoms with Crippen LogP contribution in [0.4, 0.5) is 23.7 Å². The molecule has 4 N–H and O–H groups in total. The fourth-order valence-corrected chi connectivity index (χ4v) is 1.80. The van der Waals surface area contributed by atoms with Crippen molar-refractivity contribution in [1.29, 1.82) is 0 Å². The summed E-state index contributed by atoms with van der Waals surface area (Å²) >= 11 is 2.74. The second-order valence-electron chi connectivity index (χ2n) is 3.86. The second kappa shape index (κ2) is 6.76. The molecule has 116 valence electrons. The summed E-state index contributed by atoms with van der Waals surface area (Å²) in [6, 6.07) is 0.389. The quantitative estimate of drug-likeness (QED) is 0.651. The molecule has 0 fully saturated rings. The number of carboxylic acid groups (broad SMARTS) is 1. The molecule has 2 amide bonds. The van der Waals surface area contributed by atoms with Gasteiger partial charge in [-0.15, -0.1) is 0 Å². The number of aliphatic hydroxyl groups is 1. The smallest absolute Gasteiger partial charge is 0.417 e. The van der Waals surface area contributed by atoms with Gasteiger partial charge >= 0.3 is 18.2 Å². The number of aliphatic hydroxyl groups excluding tert-OH is 1. The van der Waals surface area contributed by atoms with Crippen LogP contribution in [0.15, 0.2) is 22.7 Å². The number of urea groups is 1. The van der Waals surface area contributed by atoms with Crippen LogP contribution in [-0.2, 0) is 11.0 Å². The number of alkyl halides is 3. The molecule has 1 aromatic carbocycles. The van der Waals surface area contributed by atoms with E-state index in [1.165, 1.54) is 6.07 Å². The molecule has 0 saturated heterocycles. The fourth-order valence-electron chi connectivity index (χ4n) is 1.33. The van der Waals surface area contributed by atoms with Gasteiger partial charge in [-0.3, -0.25) is 0 Å². The second-order valence-corrected chi connectivity index (χ2v) is 4.72. The lowest BCUT2D eigenvalue weighted by molar-refractivity contribution is -0.140. The topological polar surface area (TPSA) is 98.7 Å². The van der Waals surface area contributed by atoms with Crippen molar-refractivity contribution in [1.82, 2.24) is 5.32 Å². The molecule has 0 aliphatic rings. The molecule has 1 rings (SSSR count). The zero-order chi connectivity index (χ0) is 16.2. The molecular formula is C11H10BrF3N2O4. The molecule has 1 atom stereocenters. The molecule has 0 aliphatic heterocycles. The van der Waals surface area contributed by atoms with Crippen molar-refractivity contribution in [2.45, 2.75) is 12.2 Å². The van der Waals surface area contributed by atoms with Gasteiger partial charge in [-0.2, -0.15) is 13.2 Å². The number of hydrogen-bond donors (Lipinski definition) is 4. The molecule has 1 aromatic rings. The Hall–Kier alpha value is -1.81. The van der Waals surface area contributed by atoms with Gasteiger partial charge in [0.05, 0.1) is 12.2 Å². The van der Waals surface area contributed by atoms with Crippen LogP contribution in [0.25, 0.3) is 0 Å². The maximum atomic E-state index is 12.7. The number of aliphatic carboxylic acids is 1. The summed E-state index contributed by atoms with van der Waals surface area (Å²) in [7, 11) is 0. The molecule has 0 aromatic heterocycles. The van der Waals surface area contributed by atoms with E-state index in [2.05, 4.69) is 21.2 Å². The third-order valence-corrected chi connectivity index (χ3v) is 3.01. The SMILES string of the molecule is O=C(Nc1ccc(Br)c(C(F)(F)F)c1)NC(CO)C(=O)O. The van der Waals surface area contributed by atoms with E-state index >= 15 is 0 Å². The number of hydrogen-bond acceptors (Lipinski definition) is 3. The van der Waals surface area contributed by atoms with E-state index in [1.807, 2.05) is 5.32 Å². The van der Waals surface area contributed by atoms with Crippen molar-refractivity contribution in [3.63, 3.8) is 0 Å². The molecule has 0 aliphatic carbocycles. The molecular weight excluding hydrogens is 361 g/mol. The molecule has 0 spiro atoms. The van der Waals surface area contributed by atoms with Crippen molar-refractivity contribution in [3.8, 4) is 0 Å². The summed E-state index contributed by atoms with van der Waals surface area (Å²) in [5.74, 6) is -1.47. The van der Waals surface area contributed by atoms with Crippen LogP contribution in [0.5, 0.6) is 0 Å².